The van der Waals surface area contributed by atoms with Gasteiger partial charge in [-0.05, 0) is 29.5 Å². The lowest BCUT2D eigenvalue weighted by Gasteiger charge is -2.07. The van der Waals surface area contributed by atoms with Crippen LogP contribution in [-0.4, -0.2) is 9.78 Å². The van der Waals surface area contributed by atoms with E-state index in [4.69, 9.17) is 0 Å². The summed E-state index contributed by atoms with van der Waals surface area (Å²) in [6.07, 6.45) is 3.34. The minimum atomic E-state index is -0.0886. The molecule has 0 saturated heterocycles. The third kappa shape index (κ3) is 1.94. The molecule has 0 fully saturated rings. The first-order valence-electron chi connectivity index (χ1n) is 3.52. The molecule has 3 nitrogen and oxygen atoms in total. The summed E-state index contributed by atoms with van der Waals surface area (Å²) >= 11 is 2.06. The molecular weight excluding hydrogens is 267 g/mol. The zero-order valence-electron chi connectivity index (χ0n) is 6.70. The fourth-order valence-electron chi connectivity index (χ4n) is 0.801. The summed E-state index contributed by atoms with van der Waals surface area (Å²) in [6.45, 7) is 5.47. The van der Waals surface area contributed by atoms with E-state index >= 15 is 0 Å². The van der Waals surface area contributed by atoms with Gasteiger partial charge in [0.25, 0.3) is 5.56 Å². The predicted octanol–water partition coefficient (Wildman–Crippen LogP) is 1.59. The Kier molecular flexibility index (Phi) is 3.02. The highest BCUT2D eigenvalue weighted by Gasteiger charge is 2.02. The van der Waals surface area contributed by atoms with Crippen molar-refractivity contribution in [1.82, 2.24) is 9.78 Å². The maximum Gasteiger partial charge on any atom is 0.268 e. The van der Waals surface area contributed by atoms with Crippen molar-refractivity contribution in [1.29, 1.82) is 0 Å². The SMILES string of the molecule is C=CC(C)n1ncc(I)cc1=O. The maximum absolute atomic E-state index is 11.3. The Bertz CT molecular complexity index is 345. The lowest BCUT2D eigenvalue weighted by Crippen LogP contribution is -2.24. The van der Waals surface area contributed by atoms with E-state index in [1.807, 2.05) is 6.92 Å². The molecule has 1 unspecified atom stereocenters. The van der Waals surface area contributed by atoms with Crippen LogP contribution in [0.5, 0.6) is 0 Å². The van der Waals surface area contributed by atoms with E-state index < -0.39 is 0 Å². The Morgan fingerprint density at radius 2 is 2.50 bits per heavy atom. The molecule has 0 aliphatic rings. The highest BCUT2D eigenvalue weighted by Crippen LogP contribution is 2.01. The van der Waals surface area contributed by atoms with Gasteiger partial charge in [-0.15, -0.1) is 6.58 Å². The quantitative estimate of drug-likeness (QED) is 0.607. The van der Waals surface area contributed by atoms with E-state index in [0.29, 0.717) is 0 Å². The van der Waals surface area contributed by atoms with Crippen molar-refractivity contribution in [3.05, 3.63) is 38.8 Å². The van der Waals surface area contributed by atoms with Gasteiger partial charge in [-0.3, -0.25) is 4.79 Å². The number of rotatable bonds is 2. The van der Waals surface area contributed by atoms with Crippen molar-refractivity contribution in [3.63, 3.8) is 0 Å². The fourth-order valence-corrected chi connectivity index (χ4v) is 1.19. The normalized spacial score (nSPS) is 12.5. The Labute approximate surface area is 84.2 Å². The van der Waals surface area contributed by atoms with Crippen LogP contribution in [0.25, 0.3) is 0 Å². The Balaban J connectivity index is 3.18. The van der Waals surface area contributed by atoms with Crippen molar-refractivity contribution < 1.29 is 0 Å². The summed E-state index contributed by atoms with van der Waals surface area (Å²) in [5.41, 5.74) is -0.0886. The van der Waals surface area contributed by atoms with Crippen LogP contribution in [0.1, 0.15) is 13.0 Å². The van der Waals surface area contributed by atoms with E-state index in [2.05, 4.69) is 34.3 Å². The van der Waals surface area contributed by atoms with E-state index in [-0.39, 0.29) is 11.6 Å². The highest BCUT2D eigenvalue weighted by molar-refractivity contribution is 14.1. The second-order valence-electron chi connectivity index (χ2n) is 2.43. The summed E-state index contributed by atoms with van der Waals surface area (Å²) in [5, 5.41) is 3.97. The van der Waals surface area contributed by atoms with Gasteiger partial charge in [-0.25, -0.2) is 4.68 Å². The van der Waals surface area contributed by atoms with Gasteiger partial charge in [0.15, 0.2) is 0 Å². The molecule has 0 radical (unpaired) electrons. The molecule has 0 saturated carbocycles. The molecule has 0 spiro atoms. The third-order valence-corrected chi connectivity index (χ3v) is 2.11. The van der Waals surface area contributed by atoms with Crippen LogP contribution in [0.2, 0.25) is 0 Å². The Morgan fingerprint density at radius 1 is 1.83 bits per heavy atom. The zero-order valence-corrected chi connectivity index (χ0v) is 8.85. The second-order valence-corrected chi connectivity index (χ2v) is 3.68. The summed E-state index contributed by atoms with van der Waals surface area (Å²) < 4.78 is 2.25. The summed E-state index contributed by atoms with van der Waals surface area (Å²) in [7, 11) is 0. The minimum absolute atomic E-state index is 0.0468. The molecule has 1 atom stereocenters. The van der Waals surface area contributed by atoms with Crippen molar-refractivity contribution in [2.45, 2.75) is 13.0 Å². The lowest BCUT2D eigenvalue weighted by atomic mass is 10.3. The molecule has 0 bridgehead atoms. The number of halogens is 1. The van der Waals surface area contributed by atoms with E-state index in [9.17, 15) is 4.79 Å². The van der Waals surface area contributed by atoms with Crippen LogP contribution in [0.15, 0.2) is 29.7 Å². The van der Waals surface area contributed by atoms with Crippen LogP contribution >= 0.6 is 22.6 Å². The maximum atomic E-state index is 11.3. The van der Waals surface area contributed by atoms with Crippen molar-refractivity contribution in [3.8, 4) is 0 Å². The fraction of sp³-hybridized carbons (Fsp3) is 0.250. The van der Waals surface area contributed by atoms with Crippen molar-refractivity contribution in [2.24, 2.45) is 0 Å². The molecule has 1 aromatic rings. The Morgan fingerprint density at radius 3 is 3.00 bits per heavy atom. The smallest absolute Gasteiger partial charge is 0.268 e. The molecular formula is C8H9IN2O. The van der Waals surface area contributed by atoms with Gasteiger partial charge in [0.2, 0.25) is 0 Å². The molecule has 12 heavy (non-hydrogen) atoms. The molecule has 4 heteroatoms. The van der Waals surface area contributed by atoms with Gasteiger partial charge in [-0.2, -0.15) is 5.10 Å². The number of aromatic nitrogens is 2. The van der Waals surface area contributed by atoms with Gasteiger partial charge in [0.05, 0.1) is 12.2 Å². The molecule has 0 aromatic carbocycles. The third-order valence-electron chi connectivity index (χ3n) is 1.52. The van der Waals surface area contributed by atoms with Gasteiger partial charge in [-0.1, -0.05) is 6.08 Å². The number of hydrogen-bond donors (Lipinski definition) is 0. The summed E-state index contributed by atoms with van der Waals surface area (Å²) in [4.78, 5) is 11.3. The van der Waals surface area contributed by atoms with Gasteiger partial charge in [0, 0.05) is 9.64 Å². The minimum Gasteiger partial charge on any atom is -0.268 e. The number of nitrogens with zero attached hydrogens (tertiary/aromatic N) is 2. The van der Waals surface area contributed by atoms with Crippen LogP contribution < -0.4 is 5.56 Å². The summed E-state index contributed by atoms with van der Waals surface area (Å²) in [6, 6.07) is 1.50. The molecule has 1 heterocycles. The molecule has 1 rings (SSSR count). The van der Waals surface area contributed by atoms with Gasteiger partial charge < -0.3 is 0 Å². The second kappa shape index (κ2) is 3.84. The first-order chi connectivity index (χ1) is 5.65. The van der Waals surface area contributed by atoms with E-state index in [1.54, 1.807) is 18.3 Å². The number of hydrogen-bond acceptors (Lipinski definition) is 2. The van der Waals surface area contributed by atoms with Gasteiger partial charge in [0.1, 0.15) is 0 Å². The van der Waals surface area contributed by atoms with Crippen LogP contribution in [0.4, 0.5) is 0 Å². The first kappa shape index (κ1) is 9.44. The van der Waals surface area contributed by atoms with Gasteiger partial charge >= 0.3 is 0 Å². The monoisotopic (exact) mass is 276 g/mol. The molecule has 0 aliphatic carbocycles. The molecule has 64 valence electrons. The van der Waals surface area contributed by atoms with Crippen LogP contribution in [0.3, 0.4) is 0 Å². The number of allylic oxidation sites excluding steroid dienone is 1. The molecule has 0 N–H and O–H groups in total. The predicted molar refractivity (Wildman–Crippen MR) is 56.1 cm³/mol. The lowest BCUT2D eigenvalue weighted by molar-refractivity contribution is 0.545. The standard InChI is InChI=1S/C8H9IN2O/c1-3-6(2)11-8(12)4-7(9)5-10-11/h3-6H,1H2,2H3. The average Bonchev–Trinajstić information content (AvgIpc) is 2.03. The summed E-state index contributed by atoms with van der Waals surface area (Å²) in [5.74, 6) is 0. The average molecular weight is 276 g/mol. The molecule has 1 aromatic heterocycles. The van der Waals surface area contributed by atoms with Crippen molar-refractivity contribution in [2.75, 3.05) is 0 Å². The first-order valence-corrected chi connectivity index (χ1v) is 4.60. The molecule has 0 amide bonds. The van der Waals surface area contributed by atoms with Crippen molar-refractivity contribution >= 4 is 22.6 Å². The largest absolute Gasteiger partial charge is 0.268 e. The van der Waals surface area contributed by atoms with Crippen LogP contribution in [-0.2, 0) is 0 Å². The van der Waals surface area contributed by atoms with E-state index in [1.165, 1.54) is 4.68 Å². The van der Waals surface area contributed by atoms with E-state index in [0.717, 1.165) is 3.57 Å². The molecule has 0 aliphatic heterocycles. The Hall–Kier alpha value is -0.650. The highest BCUT2D eigenvalue weighted by atomic mass is 127. The zero-order chi connectivity index (χ0) is 9.14. The topological polar surface area (TPSA) is 34.9 Å². The van der Waals surface area contributed by atoms with Crippen LogP contribution in [0, 0.1) is 3.57 Å².